The van der Waals surface area contributed by atoms with Gasteiger partial charge in [0.05, 0.1) is 11.3 Å². The number of hydrogen-bond acceptors (Lipinski definition) is 5. The minimum atomic E-state index is -0.405. The van der Waals surface area contributed by atoms with Gasteiger partial charge in [0.15, 0.2) is 5.16 Å². The summed E-state index contributed by atoms with van der Waals surface area (Å²) in [4.78, 5) is 20.2. The third kappa shape index (κ3) is 1.93. The fourth-order valence-electron chi connectivity index (χ4n) is 1.69. The van der Waals surface area contributed by atoms with E-state index in [-0.39, 0.29) is 11.1 Å². The highest BCUT2D eigenvalue weighted by Crippen LogP contribution is 2.32. The minimum absolute atomic E-state index is 0.0439. The molecule has 0 radical (unpaired) electrons. The van der Waals surface area contributed by atoms with Crippen LogP contribution in [0.4, 0.5) is 5.82 Å². The summed E-state index contributed by atoms with van der Waals surface area (Å²) < 4.78 is 0. The molecule has 0 spiro atoms. The van der Waals surface area contributed by atoms with Crippen molar-refractivity contribution in [3.05, 3.63) is 11.3 Å². The topological polar surface area (TPSA) is 78.7 Å². The zero-order chi connectivity index (χ0) is 12.8. The summed E-state index contributed by atoms with van der Waals surface area (Å²) in [6, 6.07) is 0. The van der Waals surface area contributed by atoms with E-state index in [1.54, 1.807) is 0 Å². The summed E-state index contributed by atoms with van der Waals surface area (Å²) >= 11 is 1.42. The molecule has 2 N–H and O–H groups in total. The molecule has 1 aliphatic heterocycles. The Labute approximate surface area is 104 Å². The first-order valence-electron chi connectivity index (χ1n) is 5.21. The van der Waals surface area contributed by atoms with Crippen LogP contribution in [0.5, 0.6) is 0 Å². The molecule has 5 nitrogen and oxygen atoms in total. The van der Waals surface area contributed by atoms with Gasteiger partial charge in [0.25, 0.3) is 5.91 Å². The van der Waals surface area contributed by atoms with Crippen LogP contribution in [-0.4, -0.2) is 27.8 Å². The molecule has 1 aromatic heterocycles. The summed E-state index contributed by atoms with van der Waals surface area (Å²) in [5.74, 6) is 0.0577. The van der Waals surface area contributed by atoms with Crippen molar-refractivity contribution in [3.63, 3.8) is 0 Å². The molecule has 1 aliphatic rings. The van der Waals surface area contributed by atoms with Crippen molar-refractivity contribution < 1.29 is 4.79 Å². The van der Waals surface area contributed by atoms with E-state index >= 15 is 0 Å². The van der Waals surface area contributed by atoms with Gasteiger partial charge in [-0.15, -0.1) is 0 Å². The maximum absolute atomic E-state index is 11.5. The lowest BCUT2D eigenvalue weighted by Gasteiger charge is -2.20. The van der Waals surface area contributed by atoms with Gasteiger partial charge in [-0.05, 0) is 6.26 Å². The molecule has 90 valence electrons. The number of carbonyl (C=O) groups excluding carboxylic acids is 1. The van der Waals surface area contributed by atoms with Gasteiger partial charge in [0, 0.05) is 5.41 Å². The molecular formula is C11H14N4OS. The minimum Gasteiger partial charge on any atom is -0.304 e. The summed E-state index contributed by atoms with van der Waals surface area (Å²) in [5.41, 5.74) is 1.02. The quantitative estimate of drug-likeness (QED) is 0.588. The number of nitrogens with one attached hydrogen (secondary N) is 2. The van der Waals surface area contributed by atoms with Crippen LogP contribution in [0.1, 0.15) is 32.0 Å². The molecule has 1 amide bonds. The third-order valence-corrected chi connectivity index (χ3v) is 3.04. The summed E-state index contributed by atoms with van der Waals surface area (Å²) in [5, 5.41) is 11.0. The second kappa shape index (κ2) is 3.80. The number of carbonyl (C=O) groups is 1. The van der Waals surface area contributed by atoms with Gasteiger partial charge in [0.1, 0.15) is 11.5 Å². The fourth-order valence-corrected chi connectivity index (χ4v) is 2.05. The average molecular weight is 250 g/mol. The lowest BCUT2D eigenvalue weighted by Crippen LogP contribution is -2.20. The van der Waals surface area contributed by atoms with Crippen molar-refractivity contribution in [2.24, 2.45) is 0 Å². The Morgan fingerprint density at radius 2 is 1.94 bits per heavy atom. The monoisotopic (exact) mass is 250 g/mol. The highest BCUT2D eigenvalue weighted by atomic mass is 32.2. The van der Waals surface area contributed by atoms with E-state index < -0.39 is 5.91 Å². The molecule has 0 bridgehead atoms. The number of hydrogen-bond donors (Lipinski definition) is 2. The Balaban J connectivity index is 2.71. The van der Waals surface area contributed by atoms with Gasteiger partial charge < -0.3 is 5.32 Å². The van der Waals surface area contributed by atoms with Crippen LogP contribution in [0.2, 0.25) is 0 Å². The van der Waals surface area contributed by atoms with E-state index in [4.69, 9.17) is 5.41 Å². The van der Waals surface area contributed by atoms with Crippen LogP contribution < -0.4 is 5.32 Å². The normalized spacial score (nSPS) is 14.8. The number of aromatic nitrogens is 2. The van der Waals surface area contributed by atoms with Crippen LogP contribution in [0.3, 0.4) is 0 Å². The SMILES string of the molecule is CSc1nc2c(c(C(C)(C)C)n1)C(=N)C(=O)N2. The molecule has 0 saturated carbocycles. The molecule has 0 aromatic carbocycles. The second-order valence-corrected chi connectivity index (χ2v) is 5.64. The molecule has 0 saturated heterocycles. The Bertz CT molecular complexity index is 519. The van der Waals surface area contributed by atoms with Gasteiger partial charge in [-0.3, -0.25) is 10.2 Å². The van der Waals surface area contributed by atoms with Crippen LogP contribution in [-0.2, 0) is 10.2 Å². The first kappa shape index (κ1) is 12.0. The van der Waals surface area contributed by atoms with E-state index in [9.17, 15) is 4.79 Å². The molecule has 1 aromatic rings. The van der Waals surface area contributed by atoms with Crippen molar-refractivity contribution in [3.8, 4) is 0 Å². The molecule has 0 aliphatic carbocycles. The number of thioether (sulfide) groups is 1. The van der Waals surface area contributed by atoms with Crippen LogP contribution in [0.25, 0.3) is 0 Å². The third-order valence-electron chi connectivity index (χ3n) is 2.49. The van der Waals surface area contributed by atoms with Crippen molar-refractivity contribution in [1.29, 1.82) is 5.41 Å². The van der Waals surface area contributed by atoms with Gasteiger partial charge in [0.2, 0.25) is 0 Å². The second-order valence-electron chi connectivity index (χ2n) is 4.86. The van der Waals surface area contributed by atoms with Gasteiger partial charge in [-0.2, -0.15) is 0 Å². The van der Waals surface area contributed by atoms with Crippen LogP contribution in [0, 0.1) is 5.41 Å². The molecule has 0 fully saturated rings. The highest BCUT2D eigenvalue weighted by Gasteiger charge is 2.34. The summed E-state index contributed by atoms with van der Waals surface area (Å²) in [7, 11) is 0. The first-order valence-corrected chi connectivity index (χ1v) is 6.44. The van der Waals surface area contributed by atoms with E-state index in [1.165, 1.54) is 11.8 Å². The number of anilines is 1. The maximum atomic E-state index is 11.5. The lowest BCUT2D eigenvalue weighted by atomic mass is 9.88. The predicted octanol–water partition coefficient (Wildman–Crippen LogP) is 1.82. The molecule has 2 rings (SSSR count). The number of rotatable bonds is 1. The predicted molar refractivity (Wildman–Crippen MR) is 68.0 cm³/mol. The van der Waals surface area contributed by atoms with E-state index in [2.05, 4.69) is 15.3 Å². The molecular weight excluding hydrogens is 236 g/mol. The van der Waals surface area contributed by atoms with Crippen molar-refractivity contribution in [1.82, 2.24) is 9.97 Å². The smallest absolute Gasteiger partial charge is 0.275 e. The standard InChI is InChI=1S/C11H14N4OS/c1-11(2,3)7-5-6(12)9(16)14-8(5)15-10(13-7)17-4/h1-4H3,(H2,12,13,14,15,16). The summed E-state index contributed by atoms with van der Waals surface area (Å²) in [6.45, 7) is 6.03. The van der Waals surface area contributed by atoms with Crippen molar-refractivity contribution >= 4 is 29.2 Å². The zero-order valence-corrected chi connectivity index (χ0v) is 11.0. The van der Waals surface area contributed by atoms with Crippen molar-refractivity contribution in [2.45, 2.75) is 31.3 Å². The van der Waals surface area contributed by atoms with Crippen LogP contribution in [0.15, 0.2) is 5.16 Å². The van der Waals surface area contributed by atoms with Gasteiger partial charge in [-0.25, -0.2) is 9.97 Å². The van der Waals surface area contributed by atoms with Crippen LogP contribution >= 0.6 is 11.8 Å². The molecule has 2 heterocycles. The Morgan fingerprint density at radius 1 is 1.29 bits per heavy atom. The maximum Gasteiger partial charge on any atom is 0.275 e. The number of amides is 1. The lowest BCUT2D eigenvalue weighted by molar-refractivity contribution is -0.110. The number of nitrogens with zero attached hydrogens (tertiary/aromatic N) is 2. The average Bonchev–Trinajstić information content (AvgIpc) is 2.52. The Hall–Kier alpha value is -1.43. The largest absolute Gasteiger partial charge is 0.304 e. The summed E-state index contributed by atoms with van der Waals surface area (Å²) in [6.07, 6.45) is 1.89. The highest BCUT2D eigenvalue weighted by molar-refractivity contribution is 7.98. The Morgan fingerprint density at radius 3 is 2.47 bits per heavy atom. The van der Waals surface area contributed by atoms with E-state index in [0.717, 1.165) is 5.69 Å². The fraction of sp³-hybridized carbons (Fsp3) is 0.455. The first-order chi connectivity index (χ1) is 7.84. The molecule has 17 heavy (non-hydrogen) atoms. The van der Waals surface area contributed by atoms with Crippen molar-refractivity contribution in [2.75, 3.05) is 11.6 Å². The van der Waals surface area contributed by atoms with Gasteiger partial charge >= 0.3 is 0 Å². The van der Waals surface area contributed by atoms with E-state index in [1.807, 2.05) is 27.0 Å². The molecule has 0 atom stereocenters. The zero-order valence-electron chi connectivity index (χ0n) is 10.2. The molecule has 0 unspecified atom stereocenters. The van der Waals surface area contributed by atoms with E-state index in [0.29, 0.717) is 16.5 Å². The molecule has 6 heteroatoms. The number of fused-ring (bicyclic) bond motifs is 1. The van der Waals surface area contributed by atoms with Gasteiger partial charge in [-0.1, -0.05) is 32.5 Å². The Kier molecular flexibility index (Phi) is 2.69.